The lowest BCUT2D eigenvalue weighted by molar-refractivity contribution is 0.234. The Morgan fingerprint density at radius 2 is 2.10 bits per heavy atom. The van der Waals surface area contributed by atoms with Gasteiger partial charge in [-0.2, -0.15) is 16.9 Å². The molecule has 0 saturated carbocycles. The maximum absolute atomic E-state index is 6.53. The fourth-order valence-electron chi connectivity index (χ4n) is 2.63. The van der Waals surface area contributed by atoms with Crippen LogP contribution in [0.5, 0.6) is 0 Å². The first-order valence-electron chi connectivity index (χ1n) is 6.90. The monoisotopic (exact) mass is 288 g/mol. The highest BCUT2D eigenvalue weighted by Gasteiger charge is 2.28. The van der Waals surface area contributed by atoms with E-state index in [9.17, 15) is 0 Å². The third kappa shape index (κ3) is 2.61. The van der Waals surface area contributed by atoms with Crippen LogP contribution in [-0.4, -0.2) is 45.8 Å². The first kappa shape index (κ1) is 13.7. The molecule has 2 aromatic rings. The second-order valence-electron chi connectivity index (χ2n) is 5.15. The van der Waals surface area contributed by atoms with E-state index in [1.54, 1.807) is 0 Å². The van der Waals surface area contributed by atoms with Crippen LogP contribution in [0.2, 0.25) is 0 Å². The van der Waals surface area contributed by atoms with Gasteiger partial charge >= 0.3 is 0 Å². The number of benzene rings is 1. The third-order valence-electron chi connectivity index (χ3n) is 3.87. The Bertz CT molecular complexity index is 554. The SMILES string of the molecule is CN1CCSCC1C(N)c1ccnn1-c1ccccc1. The molecule has 20 heavy (non-hydrogen) atoms. The molecule has 1 fully saturated rings. The highest BCUT2D eigenvalue weighted by Crippen LogP contribution is 2.26. The smallest absolute Gasteiger partial charge is 0.0649 e. The standard InChI is InChI=1S/C15H20N4S/c1-18-9-10-20-11-14(18)15(16)13-7-8-17-19(13)12-5-3-2-4-6-12/h2-8,14-15H,9-11,16H2,1H3. The van der Waals surface area contributed by atoms with Crippen molar-refractivity contribution in [2.45, 2.75) is 12.1 Å². The highest BCUT2D eigenvalue weighted by atomic mass is 32.2. The van der Waals surface area contributed by atoms with E-state index in [1.807, 2.05) is 46.9 Å². The van der Waals surface area contributed by atoms with Crippen LogP contribution >= 0.6 is 11.8 Å². The van der Waals surface area contributed by atoms with Crippen molar-refractivity contribution in [2.75, 3.05) is 25.1 Å². The van der Waals surface area contributed by atoms with Crippen LogP contribution in [0.25, 0.3) is 5.69 Å². The summed E-state index contributed by atoms with van der Waals surface area (Å²) in [5, 5.41) is 4.44. The van der Waals surface area contributed by atoms with E-state index in [0.29, 0.717) is 6.04 Å². The Labute approximate surface area is 124 Å². The Morgan fingerprint density at radius 3 is 2.85 bits per heavy atom. The van der Waals surface area contributed by atoms with Gasteiger partial charge in [0.05, 0.1) is 17.4 Å². The third-order valence-corrected chi connectivity index (χ3v) is 4.92. The van der Waals surface area contributed by atoms with Gasteiger partial charge in [-0.15, -0.1) is 0 Å². The van der Waals surface area contributed by atoms with Gasteiger partial charge in [-0.1, -0.05) is 18.2 Å². The summed E-state index contributed by atoms with van der Waals surface area (Å²) in [6, 6.07) is 12.6. The number of para-hydroxylation sites is 1. The van der Waals surface area contributed by atoms with Crippen LogP contribution < -0.4 is 5.73 Å². The van der Waals surface area contributed by atoms with E-state index >= 15 is 0 Å². The first-order chi connectivity index (χ1) is 9.77. The second kappa shape index (κ2) is 5.99. The minimum absolute atomic E-state index is 0.0180. The molecule has 0 spiro atoms. The van der Waals surface area contributed by atoms with Crippen LogP contribution in [-0.2, 0) is 0 Å². The molecule has 2 atom stereocenters. The number of likely N-dealkylation sites (N-methyl/N-ethyl adjacent to an activating group) is 1. The van der Waals surface area contributed by atoms with Gasteiger partial charge < -0.3 is 5.73 Å². The largest absolute Gasteiger partial charge is 0.321 e. The molecular weight excluding hydrogens is 268 g/mol. The van der Waals surface area contributed by atoms with E-state index in [4.69, 9.17) is 5.73 Å². The van der Waals surface area contributed by atoms with Crippen molar-refractivity contribution in [1.82, 2.24) is 14.7 Å². The van der Waals surface area contributed by atoms with E-state index < -0.39 is 0 Å². The zero-order valence-electron chi connectivity index (χ0n) is 11.6. The molecule has 0 amide bonds. The molecule has 0 radical (unpaired) electrons. The van der Waals surface area contributed by atoms with Crippen LogP contribution in [0.4, 0.5) is 0 Å². The molecular formula is C15H20N4S. The molecule has 106 valence electrons. The number of hydrogen-bond acceptors (Lipinski definition) is 4. The number of nitrogens with zero attached hydrogens (tertiary/aromatic N) is 3. The fourth-order valence-corrected chi connectivity index (χ4v) is 3.92. The molecule has 2 unspecified atom stereocenters. The number of thioether (sulfide) groups is 1. The molecule has 0 aliphatic carbocycles. The average molecular weight is 288 g/mol. The molecule has 1 aliphatic heterocycles. The molecule has 1 aromatic carbocycles. The molecule has 2 heterocycles. The Kier molecular flexibility index (Phi) is 4.10. The molecule has 2 N–H and O–H groups in total. The van der Waals surface area contributed by atoms with Crippen molar-refractivity contribution in [2.24, 2.45) is 5.73 Å². The summed E-state index contributed by atoms with van der Waals surface area (Å²) >= 11 is 1.98. The fraction of sp³-hybridized carbons (Fsp3) is 0.400. The van der Waals surface area contributed by atoms with E-state index in [-0.39, 0.29) is 6.04 Å². The summed E-state index contributed by atoms with van der Waals surface area (Å²) in [6.45, 7) is 1.10. The predicted octanol–water partition coefficient (Wildman–Crippen LogP) is 1.92. The molecule has 5 heteroatoms. The molecule has 1 aromatic heterocycles. The van der Waals surface area contributed by atoms with Crippen molar-refractivity contribution in [3.8, 4) is 5.69 Å². The topological polar surface area (TPSA) is 47.1 Å². The second-order valence-corrected chi connectivity index (χ2v) is 6.30. The van der Waals surface area contributed by atoms with Gasteiger partial charge in [0.15, 0.2) is 0 Å². The minimum atomic E-state index is -0.0180. The molecule has 4 nitrogen and oxygen atoms in total. The van der Waals surface area contributed by atoms with Gasteiger partial charge in [-0.3, -0.25) is 4.90 Å². The highest BCUT2D eigenvalue weighted by molar-refractivity contribution is 7.99. The Morgan fingerprint density at radius 1 is 1.30 bits per heavy atom. The Hall–Kier alpha value is -1.30. The number of nitrogens with two attached hydrogens (primary N) is 1. The summed E-state index contributed by atoms with van der Waals surface area (Å²) in [7, 11) is 2.16. The summed E-state index contributed by atoms with van der Waals surface area (Å²) in [5.41, 5.74) is 8.67. The van der Waals surface area contributed by atoms with Crippen molar-refractivity contribution in [1.29, 1.82) is 0 Å². The zero-order chi connectivity index (χ0) is 13.9. The van der Waals surface area contributed by atoms with E-state index in [0.717, 1.165) is 23.7 Å². The summed E-state index contributed by atoms with van der Waals surface area (Å²) < 4.78 is 1.96. The lowest BCUT2D eigenvalue weighted by Crippen LogP contribution is -2.46. The number of aromatic nitrogens is 2. The normalized spacial score (nSPS) is 21.8. The number of rotatable bonds is 3. The minimum Gasteiger partial charge on any atom is -0.321 e. The lowest BCUT2D eigenvalue weighted by Gasteiger charge is -2.36. The van der Waals surface area contributed by atoms with Crippen LogP contribution in [0, 0.1) is 0 Å². The molecule has 3 rings (SSSR count). The number of hydrogen-bond donors (Lipinski definition) is 1. The average Bonchev–Trinajstić information content (AvgIpc) is 2.97. The zero-order valence-corrected chi connectivity index (χ0v) is 12.5. The Balaban J connectivity index is 1.89. The van der Waals surface area contributed by atoms with Crippen LogP contribution in [0.15, 0.2) is 42.6 Å². The van der Waals surface area contributed by atoms with Gasteiger partial charge in [0, 0.05) is 30.3 Å². The van der Waals surface area contributed by atoms with Gasteiger partial charge in [-0.05, 0) is 25.2 Å². The van der Waals surface area contributed by atoms with E-state index in [1.165, 1.54) is 5.75 Å². The lowest BCUT2D eigenvalue weighted by atomic mass is 10.1. The first-order valence-corrected chi connectivity index (χ1v) is 8.06. The van der Waals surface area contributed by atoms with Crippen LogP contribution in [0.3, 0.4) is 0 Å². The summed E-state index contributed by atoms with van der Waals surface area (Å²) in [4.78, 5) is 2.36. The van der Waals surface area contributed by atoms with Gasteiger partial charge in [-0.25, -0.2) is 4.68 Å². The van der Waals surface area contributed by atoms with Gasteiger partial charge in [0.25, 0.3) is 0 Å². The van der Waals surface area contributed by atoms with E-state index in [2.05, 4.69) is 29.2 Å². The molecule has 1 saturated heterocycles. The van der Waals surface area contributed by atoms with Gasteiger partial charge in [0.2, 0.25) is 0 Å². The maximum Gasteiger partial charge on any atom is 0.0649 e. The van der Waals surface area contributed by atoms with Crippen molar-refractivity contribution in [3.63, 3.8) is 0 Å². The van der Waals surface area contributed by atoms with Crippen molar-refractivity contribution < 1.29 is 0 Å². The molecule has 0 bridgehead atoms. The van der Waals surface area contributed by atoms with Crippen molar-refractivity contribution >= 4 is 11.8 Å². The maximum atomic E-state index is 6.53. The van der Waals surface area contributed by atoms with Crippen molar-refractivity contribution in [3.05, 3.63) is 48.3 Å². The summed E-state index contributed by atoms with van der Waals surface area (Å²) in [5.74, 6) is 2.27. The summed E-state index contributed by atoms with van der Waals surface area (Å²) in [6.07, 6.45) is 1.83. The quantitative estimate of drug-likeness (QED) is 0.937. The van der Waals surface area contributed by atoms with Gasteiger partial charge in [0.1, 0.15) is 0 Å². The van der Waals surface area contributed by atoms with Crippen LogP contribution in [0.1, 0.15) is 11.7 Å². The predicted molar refractivity (Wildman–Crippen MR) is 84.2 cm³/mol. The molecule has 1 aliphatic rings.